The molecule has 1 atom stereocenters. The van der Waals surface area contributed by atoms with Crippen molar-refractivity contribution in [1.82, 2.24) is 5.32 Å². The van der Waals surface area contributed by atoms with Crippen molar-refractivity contribution in [3.05, 3.63) is 72.3 Å². The SMILES string of the molecule is CC(N)c1ccccc1.CNC.c1ccccc1. The van der Waals surface area contributed by atoms with Crippen molar-refractivity contribution in [2.45, 2.75) is 13.0 Å². The zero-order valence-electron chi connectivity index (χ0n) is 11.5. The molecule has 0 saturated carbocycles. The summed E-state index contributed by atoms with van der Waals surface area (Å²) in [6.45, 7) is 1.98. The van der Waals surface area contributed by atoms with Crippen molar-refractivity contribution >= 4 is 0 Å². The Morgan fingerprint density at radius 1 is 0.778 bits per heavy atom. The van der Waals surface area contributed by atoms with Gasteiger partial charge >= 0.3 is 0 Å². The zero-order valence-corrected chi connectivity index (χ0v) is 11.5. The molecule has 98 valence electrons. The Balaban J connectivity index is 0.000000278. The fraction of sp³-hybridized carbons (Fsp3) is 0.250. The van der Waals surface area contributed by atoms with Crippen LogP contribution in [0.15, 0.2) is 66.7 Å². The van der Waals surface area contributed by atoms with Crippen LogP contribution in [0.5, 0.6) is 0 Å². The van der Waals surface area contributed by atoms with Crippen LogP contribution in [0, 0.1) is 0 Å². The second-order valence-electron chi connectivity index (χ2n) is 3.85. The van der Waals surface area contributed by atoms with Crippen molar-refractivity contribution in [2.75, 3.05) is 14.1 Å². The molecule has 0 spiro atoms. The Bertz CT molecular complexity index is 331. The molecule has 2 aromatic carbocycles. The van der Waals surface area contributed by atoms with Gasteiger partial charge in [0.1, 0.15) is 0 Å². The summed E-state index contributed by atoms with van der Waals surface area (Å²) in [6, 6.07) is 22.2. The van der Waals surface area contributed by atoms with E-state index in [-0.39, 0.29) is 6.04 Å². The highest BCUT2D eigenvalue weighted by Gasteiger charge is 1.93. The minimum atomic E-state index is 0.159. The molecular weight excluding hydrogens is 220 g/mol. The molecule has 2 aromatic rings. The van der Waals surface area contributed by atoms with Crippen LogP contribution in [0.1, 0.15) is 18.5 Å². The monoisotopic (exact) mass is 244 g/mol. The number of benzene rings is 2. The number of nitrogens with two attached hydrogens (primary N) is 1. The Morgan fingerprint density at radius 2 is 1.06 bits per heavy atom. The smallest absolute Gasteiger partial charge is 0.0266 e. The van der Waals surface area contributed by atoms with Crippen LogP contribution in [-0.4, -0.2) is 14.1 Å². The molecule has 0 amide bonds. The van der Waals surface area contributed by atoms with Crippen molar-refractivity contribution in [2.24, 2.45) is 5.73 Å². The average molecular weight is 244 g/mol. The summed E-state index contributed by atoms with van der Waals surface area (Å²) in [5.74, 6) is 0. The molecule has 2 rings (SSSR count). The summed E-state index contributed by atoms with van der Waals surface area (Å²) in [5, 5.41) is 2.75. The van der Waals surface area contributed by atoms with Gasteiger partial charge in [0.25, 0.3) is 0 Å². The third-order valence-electron chi connectivity index (χ3n) is 1.99. The third-order valence-corrected chi connectivity index (χ3v) is 1.99. The van der Waals surface area contributed by atoms with Crippen LogP contribution in [0.2, 0.25) is 0 Å². The summed E-state index contributed by atoms with van der Waals surface area (Å²) in [5.41, 5.74) is 6.81. The zero-order chi connectivity index (χ0) is 13.6. The Labute approximate surface area is 111 Å². The first kappa shape index (κ1) is 16.4. The second-order valence-corrected chi connectivity index (χ2v) is 3.85. The summed E-state index contributed by atoms with van der Waals surface area (Å²) in [7, 11) is 3.75. The van der Waals surface area contributed by atoms with Gasteiger partial charge in [-0.25, -0.2) is 0 Å². The highest BCUT2D eigenvalue weighted by molar-refractivity contribution is 5.17. The van der Waals surface area contributed by atoms with Gasteiger partial charge in [0, 0.05) is 6.04 Å². The first-order chi connectivity index (χ1) is 8.72. The van der Waals surface area contributed by atoms with Crippen molar-refractivity contribution in [1.29, 1.82) is 0 Å². The van der Waals surface area contributed by atoms with Crippen LogP contribution in [0.4, 0.5) is 0 Å². The molecule has 18 heavy (non-hydrogen) atoms. The van der Waals surface area contributed by atoms with Gasteiger partial charge in [0.05, 0.1) is 0 Å². The number of nitrogens with one attached hydrogen (secondary N) is 1. The maximum atomic E-state index is 5.61. The van der Waals surface area contributed by atoms with Gasteiger partial charge in [-0.15, -0.1) is 0 Å². The summed E-state index contributed by atoms with van der Waals surface area (Å²) in [6.07, 6.45) is 0. The molecule has 2 nitrogen and oxygen atoms in total. The van der Waals surface area contributed by atoms with Crippen molar-refractivity contribution < 1.29 is 0 Å². The maximum Gasteiger partial charge on any atom is 0.0266 e. The van der Waals surface area contributed by atoms with Gasteiger partial charge in [-0.1, -0.05) is 66.7 Å². The van der Waals surface area contributed by atoms with Crippen LogP contribution < -0.4 is 11.1 Å². The fourth-order valence-electron chi connectivity index (χ4n) is 1.14. The van der Waals surface area contributed by atoms with E-state index in [2.05, 4.69) is 5.32 Å². The fourth-order valence-corrected chi connectivity index (χ4v) is 1.14. The standard InChI is InChI=1S/C8H11N.C6H6.C2H7N/c1-7(9)8-5-3-2-4-6-8;1-2-4-6-5-3-1;1-3-2/h2-7H,9H2,1H3;1-6H;3H,1-2H3. The van der Waals surface area contributed by atoms with Crippen LogP contribution in [-0.2, 0) is 0 Å². The molecular formula is C16H24N2. The summed E-state index contributed by atoms with van der Waals surface area (Å²) < 4.78 is 0. The predicted octanol–water partition coefficient (Wildman–Crippen LogP) is 3.23. The minimum absolute atomic E-state index is 0.159. The predicted molar refractivity (Wildman–Crippen MR) is 80.5 cm³/mol. The molecule has 0 heterocycles. The lowest BCUT2D eigenvalue weighted by Gasteiger charge is -2.02. The Kier molecular flexibility index (Phi) is 10.8. The van der Waals surface area contributed by atoms with Gasteiger partial charge in [0.2, 0.25) is 0 Å². The Hall–Kier alpha value is -1.64. The van der Waals surface area contributed by atoms with Gasteiger partial charge in [-0.2, -0.15) is 0 Å². The molecule has 3 N–H and O–H groups in total. The maximum absolute atomic E-state index is 5.61. The van der Waals surface area contributed by atoms with E-state index in [1.807, 2.05) is 87.7 Å². The van der Waals surface area contributed by atoms with Gasteiger partial charge in [0.15, 0.2) is 0 Å². The molecule has 0 aliphatic heterocycles. The molecule has 0 saturated heterocycles. The molecule has 0 aromatic heterocycles. The summed E-state index contributed by atoms with van der Waals surface area (Å²) in [4.78, 5) is 0. The van der Waals surface area contributed by atoms with E-state index in [0.717, 1.165) is 0 Å². The molecule has 0 radical (unpaired) electrons. The highest BCUT2D eigenvalue weighted by atomic mass is 14.7. The molecule has 0 aliphatic carbocycles. The van der Waals surface area contributed by atoms with Crippen LogP contribution in [0.3, 0.4) is 0 Å². The van der Waals surface area contributed by atoms with E-state index in [0.29, 0.717) is 0 Å². The molecule has 0 bridgehead atoms. The summed E-state index contributed by atoms with van der Waals surface area (Å²) >= 11 is 0. The minimum Gasteiger partial charge on any atom is -0.324 e. The Morgan fingerprint density at radius 3 is 1.28 bits per heavy atom. The molecule has 2 heteroatoms. The van der Waals surface area contributed by atoms with Gasteiger partial charge in [-0.3, -0.25) is 0 Å². The lowest BCUT2D eigenvalue weighted by molar-refractivity contribution is 0.818. The quantitative estimate of drug-likeness (QED) is 0.808. The van der Waals surface area contributed by atoms with E-state index in [1.165, 1.54) is 5.56 Å². The molecule has 0 aliphatic rings. The molecule has 0 fully saturated rings. The largest absolute Gasteiger partial charge is 0.324 e. The lowest BCUT2D eigenvalue weighted by atomic mass is 10.1. The van der Waals surface area contributed by atoms with Crippen molar-refractivity contribution in [3.63, 3.8) is 0 Å². The van der Waals surface area contributed by atoms with E-state index >= 15 is 0 Å². The highest BCUT2D eigenvalue weighted by Crippen LogP contribution is 2.06. The van der Waals surface area contributed by atoms with E-state index in [4.69, 9.17) is 5.73 Å². The lowest BCUT2D eigenvalue weighted by Crippen LogP contribution is -2.03. The van der Waals surface area contributed by atoms with E-state index in [9.17, 15) is 0 Å². The van der Waals surface area contributed by atoms with Gasteiger partial charge < -0.3 is 11.1 Å². The van der Waals surface area contributed by atoms with Crippen molar-refractivity contribution in [3.8, 4) is 0 Å². The average Bonchev–Trinajstić information content (AvgIpc) is 2.43. The van der Waals surface area contributed by atoms with Crippen LogP contribution in [0.25, 0.3) is 0 Å². The number of hydrogen-bond acceptors (Lipinski definition) is 2. The first-order valence-corrected chi connectivity index (χ1v) is 6.11. The topological polar surface area (TPSA) is 38.0 Å². The molecule has 1 unspecified atom stereocenters. The number of rotatable bonds is 1. The van der Waals surface area contributed by atoms with Crippen LogP contribution >= 0.6 is 0 Å². The van der Waals surface area contributed by atoms with E-state index in [1.54, 1.807) is 0 Å². The third kappa shape index (κ3) is 9.58. The number of hydrogen-bond donors (Lipinski definition) is 2. The second kappa shape index (κ2) is 11.8. The van der Waals surface area contributed by atoms with Gasteiger partial charge in [-0.05, 0) is 26.6 Å². The normalized spacial score (nSPS) is 10.2. The van der Waals surface area contributed by atoms with E-state index < -0.39 is 0 Å². The first-order valence-electron chi connectivity index (χ1n) is 6.11.